The van der Waals surface area contributed by atoms with Gasteiger partial charge in [-0.2, -0.15) is 0 Å². The van der Waals surface area contributed by atoms with Gasteiger partial charge in [0.2, 0.25) is 0 Å². The summed E-state index contributed by atoms with van der Waals surface area (Å²) in [6.07, 6.45) is 0. The van der Waals surface area contributed by atoms with Gasteiger partial charge in [-0.25, -0.2) is 9.97 Å². The van der Waals surface area contributed by atoms with E-state index in [1.165, 1.54) is 37.9 Å². The second-order valence-electron chi connectivity index (χ2n) is 13.0. The van der Waals surface area contributed by atoms with E-state index in [1.807, 2.05) is 36.4 Å². The molecule has 0 saturated carbocycles. The van der Waals surface area contributed by atoms with E-state index < -0.39 is 0 Å². The number of furan rings is 1. The Hall–Kier alpha value is -6.84. The molecule has 0 unspecified atom stereocenters. The van der Waals surface area contributed by atoms with Crippen molar-refractivity contribution in [3.05, 3.63) is 182 Å². The molecular weight excluding hydrogens is 621 g/mol. The van der Waals surface area contributed by atoms with Gasteiger partial charge in [-0.1, -0.05) is 152 Å². The Morgan fingerprint density at radius 3 is 1.80 bits per heavy atom. The topological polar surface area (TPSA) is 38.9 Å². The van der Waals surface area contributed by atoms with E-state index in [0.717, 1.165) is 55.9 Å². The van der Waals surface area contributed by atoms with Crippen LogP contribution < -0.4 is 0 Å². The zero-order valence-electron chi connectivity index (χ0n) is 27.6. The van der Waals surface area contributed by atoms with E-state index in [0.29, 0.717) is 5.82 Å². The van der Waals surface area contributed by atoms with Gasteiger partial charge in [0, 0.05) is 27.6 Å². The van der Waals surface area contributed by atoms with Gasteiger partial charge in [0.1, 0.15) is 11.3 Å². The van der Waals surface area contributed by atoms with Crippen molar-refractivity contribution in [3.8, 4) is 56.4 Å². The molecule has 3 heteroatoms. The minimum atomic E-state index is 0.692. The molecule has 0 bridgehead atoms. The molecule has 0 N–H and O–H groups in total. The Morgan fingerprint density at radius 2 is 0.980 bits per heavy atom. The van der Waals surface area contributed by atoms with Crippen molar-refractivity contribution < 1.29 is 4.42 Å². The highest BCUT2D eigenvalue weighted by atomic mass is 16.3. The van der Waals surface area contributed by atoms with Crippen LogP contribution in [0.3, 0.4) is 0 Å². The number of fused-ring (bicyclic) bond motifs is 5. The molecular formula is C48H30N2O. The Morgan fingerprint density at radius 1 is 0.333 bits per heavy atom. The first-order valence-electron chi connectivity index (χ1n) is 17.2. The van der Waals surface area contributed by atoms with Crippen molar-refractivity contribution in [2.45, 2.75) is 0 Å². The van der Waals surface area contributed by atoms with Gasteiger partial charge < -0.3 is 4.42 Å². The van der Waals surface area contributed by atoms with E-state index in [-0.39, 0.29) is 0 Å². The lowest BCUT2D eigenvalue weighted by molar-refractivity contribution is 0.631. The highest BCUT2D eigenvalue weighted by Gasteiger charge is 2.16. The molecule has 0 fully saturated rings. The molecule has 0 saturated heterocycles. The minimum Gasteiger partial charge on any atom is -0.456 e. The van der Waals surface area contributed by atoms with Gasteiger partial charge in [-0.3, -0.25) is 0 Å². The fourth-order valence-electron chi connectivity index (χ4n) is 7.35. The molecule has 8 aromatic carbocycles. The van der Waals surface area contributed by atoms with Gasteiger partial charge >= 0.3 is 0 Å². The van der Waals surface area contributed by atoms with Crippen LogP contribution in [-0.2, 0) is 0 Å². The summed E-state index contributed by atoms with van der Waals surface area (Å²) in [7, 11) is 0. The third-order valence-corrected chi connectivity index (χ3v) is 9.87. The molecule has 0 aliphatic heterocycles. The largest absolute Gasteiger partial charge is 0.456 e. The van der Waals surface area contributed by atoms with Crippen molar-refractivity contribution in [1.29, 1.82) is 0 Å². The van der Waals surface area contributed by atoms with Gasteiger partial charge in [0.15, 0.2) is 5.82 Å². The number of hydrogen-bond acceptors (Lipinski definition) is 3. The van der Waals surface area contributed by atoms with Gasteiger partial charge in [-0.05, 0) is 73.8 Å². The smallest absolute Gasteiger partial charge is 0.160 e. The number of rotatable bonds is 5. The first kappa shape index (κ1) is 29.1. The molecule has 10 aromatic rings. The molecule has 3 nitrogen and oxygen atoms in total. The Balaban J connectivity index is 1.12. The molecule has 51 heavy (non-hydrogen) atoms. The average Bonchev–Trinajstić information content (AvgIpc) is 3.65. The number of benzene rings is 8. The average molecular weight is 651 g/mol. The van der Waals surface area contributed by atoms with Crippen LogP contribution in [0.4, 0.5) is 0 Å². The van der Waals surface area contributed by atoms with Crippen LogP contribution in [0.2, 0.25) is 0 Å². The maximum atomic E-state index is 6.15. The van der Waals surface area contributed by atoms with Gasteiger partial charge in [-0.15, -0.1) is 0 Å². The third kappa shape index (κ3) is 5.15. The van der Waals surface area contributed by atoms with Crippen LogP contribution in [0.1, 0.15) is 0 Å². The van der Waals surface area contributed by atoms with Crippen molar-refractivity contribution >= 4 is 43.3 Å². The van der Waals surface area contributed by atoms with Crippen LogP contribution in [0, 0.1) is 0 Å². The van der Waals surface area contributed by atoms with Crippen LogP contribution >= 0.6 is 0 Å². The summed E-state index contributed by atoms with van der Waals surface area (Å²) < 4.78 is 6.15. The predicted molar refractivity (Wildman–Crippen MR) is 212 cm³/mol. The molecule has 0 spiro atoms. The Bertz CT molecular complexity index is 2870. The number of nitrogens with zero attached hydrogens (tertiary/aromatic N) is 2. The quantitative estimate of drug-likeness (QED) is 0.137. The molecule has 2 heterocycles. The van der Waals surface area contributed by atoms with E-state index in [9.17, 15) is 0 Å². The maximum absolute atomic E-state index is 6.15. The summed E-state index contributed by atoms with van der Waals surface area (Å²) in [5, 5.41) is 8.55. The highest BCUT2D eigenvalue weighted by Crippen LogP contribution is 2.41. The third-order valence-electron chi connectivity index (χ3n) is 9.87. The molecule has 0 aliphatic rings. The molecule has 0 radical (unpaired) electrons. The fourth-order valence-corrected chi connectivity index (χ4v) is 7.35. The maximum Gasteiger partial charge on any atom is 0.160 e. The monoisotopic (exact) mass is 650 g/mol. The standard InChI is InChI=1S/C48H30N2O/c1-2-12-34(13-3-1)48-49-43(32-21-23-33(24-22-32)46-29-37-15-6-9-20-45(37)51-46)30-44(50-48)36-16-10-17-38(27-36)47-40-19-8-5-14-35(40)28-42-39-18-7-4-11-31(39)25-26-41(42)47/h1-30H. The number of hydrogen-bond donors (Lipinski definition) is 0. The zero-order chi connectivity index (χ0) is 33.7. The van der Waals surface area contributed by atoms with Crippen molar-refractivity contribution in [2.24, 2.45) is 0 Å². The lowest BCUT2D eigenvalue weighted by atomic mass is 9.89. The summed E-state index contributed by atoms with van der Waals surface area (Å²) in [5.41, 5.74) is 9.05. The van der Waals surface area contributed by atoms with Crippen molar-refractivity contribution in [1.82, 2.24) is 9.97 Å². The molecule has 0 aliphatic carbocycles. The SMILES string of the molecule is c1ccc(-c2nc(-c3ccc(-c4cc5ccccc5o4)cc3)cc(-c3cccc(-c4c5ccccc5cc5c4ccc4ccccc45)c3)n2)cc1. The lowest BCUT2D eigenvalue weighted by Crippen LogP contribution is -1.96. The normalized spacial score (nSPS) is 11.5. The summed E-state index contributed by atoms with van der Waals surface area (Å²) >= 11 is 0. The van der Waals surface area contributed by atoms with Gasteiger partial charge in [0.25, 0.3) is 0 Å². The van der Waals surface area contributed by atoms with Crippen LogP contribution in [0.5, 0.6) is 0 Å². The first-order chi connectivity index (χ1) is 25.2. The van der Waals surface area contributed by atoms with E-state index in [4.69, 9.17) is 14.4 Å². The Kier molecular flexibility index (Phi) is 6.81. The number of para-hydroxylation sites is 1. The molecule has 10 rings (SSSR count). The molecule has 238 valence electrons. The number of aromatic nitrogens is 2. The van der Waals surface area contributed by atoms with Crippen molar-refractivity contribution in [3.63, 3.8) is 0 Å². The highest BCUT2D eigenvalue weighted by molar-refractivity contribution is 6.20. The van der Waals surface area contributed by atoms with Crippen LogP contribution in [0.25, 0.3) is 99.6 Å². The molecule has 2 aromatic heterocycles. The predicted octanol–water partition coefficient (Wildman–Crippen LogP) is 13.0. The fraction of sp³-hybridized carbons (Fsp3) is 0. The molecule has 0 atom stereocenters. The summed E-state index contributed by atoms with van der Waals surface area (Å²) in [4.78, 5) is 10.3. The first-order valence-corrected chi connectivity index (χ1v) is 17.2. The summed E-state index contributed by atoms with van der Waals surface area (Å²) in [5.74, 6) is 1.54. The van der Waals surface area contributed by atoms with E-state index in [1.54, 1.807) is 0 Å². The Labute approximate surface area is 295 Å². The second-order valence-corrected chi connectivity index (χ2v) is 13.0. The molecule has 0 amide bonds. The summed E-state index contributed by atoms with van der Waals surface area (Å²) in [6.45, 7) is 0. The van der Waals surface area contributed by atoms with Gasteiger partial charge in [0.05, 0.1) is 11.4 Å². The van der Waals surface area contributed by atoms with E-state index >= 15 is 0 Å². The zero-order valence-corrected chi connectivity index (χ0v) is 27.6. The van der Waals surface area contributed by atoms with Crippen LogP contribution in [0.15, 0.2) is 186 Å². The second kappa shape index (κ2) is 11.9. The van der Waals surface area contributed by atoms with E-state index in [2.05, 4.69) is 146 Å². The minimum absolute atomic E-state index is 0.692. The van der Waals surface area contributed by atoms with Crippen molar-refractivity contribution in [2.75, 3.05) is 0 Å². The summed E-state index contributed by atoms with van der Waals surface area (Å²) in [6, 6.07) is 63.9. The lowest BCUT2D eigenvalue weighted by Gasteiger charge is -2.15. The van der Waals surface area contributed by atoms with Crippen LogP contribution in [-0.4, -0.2) is 9.97 Å².